The normalized spacial score (nSPS) is 28.2. The molecule has 1 saturated heterocycles. The maximum Gasteiger partial charge on any atom is 0.417 e. The minimum absolute atomic E-state index is 0.0742. The molecule has 5 nitrogen and oxygen atoms in total. The maximum absolute atomic E-state index is 13.8. The second-order valence-corrected chi connectivity index (χ2v) is 9.78. The molecular formula is C23H32F3N3O2. The predicted molar refractivity (Wildman–Crippen MR) is 110 cm³/mol. The molecule has 2 aliphatic heterocycles. The zero-order chi connectivity index (χ0) is 22.4. The molecule has 4 rings (SSSR count). The van der Waals surface area contributed by atoms with Crippen molar-refractivity contribution in [2.75, 3.05) is 19.6 Å². The van der Waals surface area contributed by atoms with Crippen molar-refractivity contribution >= 4 is 5.91 Å². The van der Waals surface area contributed by atoms with Gasteiger partial charge in [0.2, 0.25) is 5.91 Å². The molecule has 3 heterocycles. The van der Waals surface area contributed by atoms with E-state index in [1.54, 1.807) is 4.90 Å². The molecule has 3 aliphatic rings. The van der Waals surface area contributed by atoms with E-state index in [0.29, 0.717) is 30.3 Å². The van der Waals surface area contributed by atoms with E-state index in [0.717, 1.165) is 57.5 Å². The second kappa shape index (κ2) is 8.35. The molecule has 0 radical (unpaired) electrons. The van der Waals surface area contributed by atoms with Crippen molar-refractivity contribution in [2.45, 2.75) is 77.2 Å². The summed E-state index contributed by atoms with van der Waals surface area (Å²) in [4.78, 5) is 22.0. The van der Waals surface area contributed by atoms with Crippen LogP contribution in [0, 0.1) is 11.3 Å². The molecule has 172 valence electrons. The highest BCUT2D eigenvalue weighted by Gasteiger charge is 2.51. The van der Waals surface area contributed by atoms with Crippen LogP contribution in [0.5, 0.6) is 0 Å². The van der Waals surface area contributed by atoms with Crippen LogP contribution in [0.25, 0.3) is 0 Å². The summed E-state index contributed by atoms with van der Waals surface area (Å²) in [5, 5.41) is 9.81. The highest BCUT2D eigenvalue weighted by Crippen LogP contribution is 2.48. The molecule has 1 aromatic heterocycles. The van der Waals surface area contributed by atoms with Crippen LogP contribution in [0.15, 0.2) is 12.3 Å². The standard InChI is InChI=1S/C23H32F3N3O2/c1-15(2)22(7-3-18(12-22)28-8-4-19(30)5-9-28)21(31)29-10-6-20-16(14-29)11-17(13-27-20)23(24,25)26/h11,13,15,18-19,30H,3-10,12,14H2,1-2H3/t18-,22-/m0/s1. The van der Waals surface area contributed by atoms with E-state index in [1.165, 1.54) is 0 Å². The van der Waals surface area contributed by atoms with Crippen LogP contribution in [0.2, 0.25) is 0 Å². The topological polar surface area (TPSA) is 56.7 Å². The van der Waals surface area contributed by atoms with Gasteiger partial charge < -0.3 is 14.9 Å². The summed E-state index contributed by atoms with van der Waals surface area (Å²) in [6.45, 7) is 6.58. The van der Waals surface area contributed by atoms with E-state index in [2.05, 4.69) is 23.7 Å². The van der Waals surface area contributed by atoms with Crippen LogP contribution in [-0.2, 0) is 23.9 Å². The van der Waals surface area contributed by atoms with Gasteiger partial charge >= 0.3 is 6.18 Å². The number of likely N-dealkylation sites (tertiary alicyclic amines) is 1. The van der Waals surface area contributed by atoms with Gasteiger partial charge in [-0.2, -0.15) is 13.2 Å². The molecule has 8 heteroatoms. The molecule has 31 heavy (non-hydrogen) atoms. The second-order valence-electron chi connectivity index (χ2n) is 9.78. The van der Waals surface area contributed by atoms with Crippen molar-refractivity contribution in [1.82, 2.24) is 14.8 Å². The zero-order valence-electron chi connectivity index (χ0n) is 18.3. The van der Waals surface area contributed by atoms with E-state index in [9.17, 15) is 23.1 Å². The first kappa shape index (κ1) is 22.5. The minimum atomic E-state index is -4.44. The van der Waals surface area contributed by atoms with Gasteiger partial charge in [-0.3, -0.25) is 9.78 Å². The quantitative estimate of drug-likeness (QED) is 0.782. The third kappa shape index (κ3) is 4.33. The Balaban J connectivity index is 1.51. The van der Waals surface area contributed by atoms with E-state index in [1.807, 2.05) is 0 Å². The lowest BCUT2D eigenvalue weighted by Gasteiger charge is -2.40. The number of alkyl halides is 3. The lowest BCUT2D eigenvalue weighted by atomic mass is 9.73. The summed E-state index contributed by atoms with van der Waals surface area (Å²) >= 11 is 0. The van der Waals surface area contributed by atoms with Gasteiger partial charge in [0.25, 0.3) is 0 Å². The number of aliphatic hydroxyl groups is 1. The summed E-state index contributed by atoms with van der Waals surface area (Å²) < 4.78 is 39.4. The average Bonchev–Trinajstić information content (AvgIpc) is 3.19. The largest absolute Gasteiger partial charge is 0.417 e. The van der Waals surface area contributed by atoms with Crippen molar-refractivity contribution in [1.29, 1.82) is 0 Å². The first-order valence-electron chi connectivity index (χ1n) is 11.4. The van der Waals surface area contributed by atoms with Crippen LogP contribution in [-0.4, -0.2) is 57.6 Å². The Bertz CT molecular complexity index is 821. The average molecular weight is 440 g/mol. The minimum Gasteiger partial charge on any atom is -0.393 e. The molecule has 0 unspecified atom stereocenters. The van der Waals surface area contributed by atoms with Gasteiger partial charge in [-0.05, 0) is 49.7 Å². The Hall–Kier alpha value is -1.67. The fraction of sp³-hybridized carbons (Fsp3) is 0.739. The lowest BCUT2D eigenvalue weighted by Crippen LogP contribution is -2.49. The smallest absolute Gasteiger partial charge is 0.393 e. The van der Waals surface area contributed by atoms with Crippen molar-refractivity contribution < 1.29 is 23.1 Å². The third-order valence-corrected chi connectivity index (χ3v) is 7.72. The van der Waals surface area contributed by atoms with Crippen LogP contribution in [0.3, 0.4) is 0 Å². The molecule has 1 amide bonds. The SMILES string of the molecule is CC(C)[C@]1(C(=O)N2CCc3ncc(C(F)(F)F)cc3C2)CC[C@H](N2CCC(O)CC2)C1. The fourth-order valence-corrected chi connectivity index (χ4v) is 5.65. The number of halogens is 3. The third-order valence-electron chi connectivity index (χ3n) is 7.72. The number of piperidine rings is 1. The van der Waals surface area contributed by atoms with Crippen molar-refractivity contribution in [3.05, 3.63) is 29.1 Å². The highest BCUT2D eigenvalue weighted by atomic mass is 19.4. The zero-order valence-corrected chi connectivity index (χ0v) is 18.3. The Morgan fingerprint density at radius 1 is 1.23 bits per heavy atom. The number of carbonyl (C=O) groups is 1. The number of nitrogens with zero attached hydrogens (tertiary/aromatic N) is 3. The Morgan fingerprint density at radius 2 is 1.94 bits per heavy atom. The van der Waals surface area contributed by atoms with Gasteiger partial charge in [-0.15, -0.1) is 0 Å². The maximum atomic E-state index is 13.8. The van der Waals surface area contributed by atoms with Crippen LogP contribution >= 0.6 is 0 Å². The number of aromatic nitrogens is 1. The summed E-state index contributed by atoms with van der Waals surface area (Å²) in [6, 6.07) is 1.48. The van der Waals surface area contributed by atoms with Crippen molar-refractivity contribution in [2.24, 2.45) is 11.3 Å². The fourth-order valence-electron chi connectivity index (χ4n) is 5.65. The number of hydrogen-bond acceptors (Lipinski definition) is 4. The van der Waals surface area contributed by atoms with Crippen LogP contribution in [0.1, 0.15) is 62.8 Å². The van der Waals surface area contributed by atoms with Gasteiger partial charge in [-0.1, -0.05) is 13.8 Å². The lowest BCUT2D eigenvalue weighted by molar-refractivity contribution is -0.146. The molecule has 1 aromatic rings. The number of fused-ring (bicyclic) bond motifs is 1. The molecule has 1 N–H and O–H groups in total. The molecule has 0 aromatic carbocycles. The molecule has 2 atom stereocenters. The van der Waals surface area contributed by atoms with Gasteiger partial charge in [-0.25, -0.2) is 0 Å². The molecule has 2 fully saturated rings. The first-order chi connectivity index (χ1) is 14.6. The van der Waals surface area contributed by atoms with Gasteiger partial charge in [0.15, 0.2) is 0 Å². The number of pyridine rings is 1. The Morgan fingerprint density at radius 3 is 2.58 bits per heavy atom. The molecule has 1 aliphatic carbocycles. The molecule has 1 saturated carbocycles. The summed E-state index contributed by atoms with van der Waals surface area (Å²) in [5.41, 5.74) is -0.0696. The van der Waals surface area contributed by atoms with E-state index < -0.39 is 17.2 Å². The Labute approximate surface area is 181 Å². The van der Waals surface area contributed by atoms with Crippen LogP contribution < -0.4 is 0 Å². The van der Waals surface area contributed by atoms with E-state index in [4.69, 9.17) is 0 Å². The van der Waals surface area contributed by atoms with Crippen molar-refractivity contribution in [3.63, 3.8) is 0 Å². The first-order valence-corrected chi connectivity index (χ1v) is 11.4. The van der Waals surface area contributed by atoms with E-state index in [-0.39, 0.29) is 24.5 Å². The highest BCUT2D eigenvalue weighted by molar-refractivity contribution is 5.83. The molecule has 0 bridgehead atoms. The number of hydrogen-bond donors (Lipinski definition) is 1. The number of carbonyl (C=O) groups excluding carboxylic acids is 1. The Kier molecular flexibility index (Phi) is 6.07. The molecule has 0 spiro atoms. The van der Waals surface area contributed by atoms with Gasteiger partial charge in [0.05, 0.1) is 17.1 Å². The van der Waals surface area contributed by atoms with E-state index >= 15 is 0 Å². The monoisotopic (exact) mass is 439 g/mol. The van der Waals surface area contributed by atoms with Crippen molar-refractivity contribution in [3.8, 4) is 0 Å². The van der Waals surface area contributed by atoms with Gasteiger partial charge in [0.1, 0.15) is 0 Å². The molecular weight excluding hydrogens is 407 g/mol. The number of amides is 1. The van der Waals surface area contributed by atoms with Gasteiger partial charge in [0, 0.05) is 50.5 Å². The summed E-state index contributed by atoms with van der Waals surface area (Å²) in [5.74, 6) is 0.228. The predicted octanol–water partition coefficient (Wildman–Crippen LogP) is 3.64. The number of rotatable bonds is 3. The summed E-state index contributed by atoms with van der Waals surface area (Å²) in [6.07, 6.45) is 0.800. The summed E-state index contributed by atoms with van der Waals surface area (Å²) in [7, 11) is 0. The number of aliphatic hydroxyl groups excluding tert-OH is 1. The van der Waals surface area contributed by atoms with Crippen LogP contribution in [0.4, 0.5) is 13.2 Å².